The molecule has 0 spiro atoms. The van der Waals surface area contributed by atoms with Crippen molar-refractivity contribution in [1.29, 1.82) is 0 Å². The van der Waals surface area contributed by atoms with Crippen molar-refractivity contribution in [2.45, 2.75) is 44.2 Å². The molecule has 0 aromatic heterocycles. The maximum Gasteiger partial charge on any atom is 0.303 e. The third-order valence-electron chi connectivity index (χ3n) is 3.01. The Morgan fingerprint density at radius 1 is 1.47 bits per heavy atom. The second kappa shape index (κ2) is 5.97. The van der Waals surface area contributed by atoms with E-state index in [1.807, 2.05) is 0 Å². The average Bonchev–Trinajstić information content (AvgIpc) is 2.27. The van der Waals surface area contributed by atoms with Crippen LogP contribution in [0, 0.1) is 0 Å². The number of aliphatic carboxylic acids is 1. The number of hydrogen-bond donors (Lipinski definition) is 3. The summed E-state index contributed by atoms with van der Waals surface area (Å²) >= 11 is 0. The Labute approximate surface area is 101 Å². The zero-order chi connectivity index (χ0) is 12.9. The van der Waals surface area contributed by atoms with Gasteiger partial charge in [0.25, 0.3) is 0 Å². The highest BCUT2D eigenvalue weighted by molar-refractivity contribution is 5.86. The van der Waals surface area contributed by atoms with Gasteiger partial charge in [-0.05, 0) is 26.2 Å². The predicted octanol–water partition coefficient (Wildman–Crippen LogP) is -0.136. The molecule has 1 saturated heterocycles. The lowest BCUT2D eigenvalue weighted by molar-refractivity contribution is -0.137. The molecule has 0 saturated carbocycles. The van der Waals surface area contributed by atoms with E-state index in [1.54, 1.807) is 6.92 Å². The molecular weight excluding hydrogens is 224 g/mol. The molecule has 6 nitrogen and oxygen atoms in total. The predicted molar refractivity (Wildman–Crippen MR) is 61.4 cm³/mol. The topological polar surface area (TPSA) is 102 Å². The number of carbonyl (C=O) groups excluding carboxylic acids is 1. The van der Waals surface area contributed by atoms with Crippen molar-refractivity contribution in [2.75, 3.05) is 13.2 Å². The van der Waals surface area contributed by atoms with Gasteiger partial charge in [0.2, 0.25) is 5.91 Å². The van der Waals surface area contributed by atoms with E-state index in [9.17, 15) is 9.59 Å². The number of carbonyl (C=O) groups is 2. The van der Waals surface area contributed by atoms with Crippen molar-refractivity contribution in [3.8, 4) is 0 Å². The van der Waals surface area contributed by atoms with Gasteiger partial charge in [-0.25, -0.2) is 0 Å². The van der Waals surface area contributed by atoms with Crippen molar-refractivity contribution in [2.24, 2.45) is 5.73 Å². The number of amides is 1. The van der Waals surface area contributed by atoms with Gasteiger partial charge in [-0.2, -0.15) is 0 Å². The van der Waals surface area contributed by atoms with Gasteiger partial charge < -0.3 is 20.9 Å². The maximum absolute atomic E-state index is 11.9. The Hall–Kier alpha value is -1.14. The first kappa shape index (κ1) is 13.9. The number of carboxylic acids is 1. The van der Waals surface area contributed by atoms with Crippen LogP contribution in [0.25, 0.3) is 0 Å². The summed E-state index contributed by atoms with van der Waals surface area (Å²) in [5.41, 5.74) is 5.13. The molecule has 0 aromatic carbocycles. The Morgan fingerprint density at radius 2 is 2.06 bits per heavy atom. The van der Waals surface area contributed by atoms with Gasteiger partial charge in [0.05, 0.1) is 5.54 Å². The van der Waals surface area contributed by atoms with Crippen LogP contribution in [0.3, 0.4) is 0 Å². The molecule has 1 fully saturated rings. The molecular formula is C11H20N2O4. The lowest BCUT2D eigenvalue weighted by Gasteiger charge is -2.32. The molecule has 1 unspecified atom stereocenters. The van der Waals surface area contributed by atoms with E-state index in [1.165, 1.54) is 0 Å². The molecule has 98 valence electrons. The first-order chi connectivity index (χ1) is 7.94. The molecule has 1 rings (SSSR count). The minimum Gasteiger partial charge on any atom is -0.481 e. The quantitative estimate of drug-likeness (QED) is 0.625. The fourth-order valence-corrected chi connectivity index (χ4v) is 1.74. The monoisotopic (exact) mass is 244 g/mol. The van der Waals surface area contributed by atoms with Crippen LogP contribution in [-0.2, 0) is 14.3 Å². The third-order valence-corrected chi connectivity index (χ3v) is 3.01. The van der Waals surface area contributed by atoms with Crippen LogP contribution in [0.4, 0.5) is 0 Å². The molecule has 1 amide bonds. The van der Waals surface area contributed by atoms with Crippen LogP contribution in [0.15, 0.2) is 0 Å². The lowest BCUT2D eigenvalue weighted by Crippen LogP contribution is -2.58. The molecule has 6 heteroatoms. The van der Waals surface area contributed by atoms with Crippen molar-refractivity contribution >= 4 is 11.9 Å². The summed E-state index contributed by atoms with van der Waals surface area (Å²) in [4.78, 5) is 22.3. The number of carboxylic acid groups (broad SMARTS) is 1. The van der Waals surface area contributed by atoms with E-state index < -0.39 is 11.5 Å². The molecule has 17 heavy (non-hydrogen) atoms. The van der Waals surface area contributed by atoms with Crippen molar-refractivity contribution in [1.82, 2.24) is 5.32 Å². The number of hydrogen-bond acceptors (Lipinski definition) is 4. The van der Waals surface area contributed by atoms with Crippen LogP contribution >= 0.6 is 0 Å². The molecule has 4 N–H and O–H groups in total. The van der Waals surface area contributed by atoms with E-state index in [2.05, 4.69) is 5.32 Å². The largest absolute Gasteiger partial charge is 0.481 e. The highest BCUT2D eigenvalue weighted by Gasteiger charge is 2.36. The van der Waals surface area contributed by atoms with Crippen molar-refractivity contribution in [3.63, 3.8) is 0 Å². The summed E-state index contributed by atoms with van der Waals surface area (Å²) < 4.78 is 5.16. The van der Waals surface area contributed by atoms with Gasteiger partial charge in [0, 0.05) is 25.7 Å². The summed E-state index contributed by atoms with van der Waals surface area (Å²) in [7, 11) is 0. The zero-order valence-electron chi connectivity index (χ0n) is 10.1. The van der Waals surface area contributed by atoms with Gasteiger partial charge in [0.15, 0.2) is 0 Å². The SMILES string of the molecule is CC(CCC(=O)O)NC(=O)C1(N)CCOCC1. The van der Waals surface area contributed by atoms with Crippen molar-refractivity contribution < 1.29 is 19.4 Å². The van der Waals surface area contributed by atoms with Crippen LogP contribution < -0.4 is 11.1 Å². The zero-order valence-corrected chi connectivity index (χ0v) is 10.1. The normalized spacial score (nSPS) is 20.6. The number of ether oxygens (including phenoxy) is 1. The Bertz CT molecular complexity index is 287. The summed E-state index contributed by atoms with van der Waals surface area (Å²) in [6.07, 6.45) is 1.46. The van der Waals surface area contributed by atoms with Gasteiger partial charge in [-0.15, -0.1) is 0 Å². The summed E-state index contributed by atoms with van der Waals surface area (Å²) in [6.45, 7) is 2.77. The van der Waals surface area contributed by atoms with Crippen molar-refractivity contribution in [3.05, 3.63) is 0 Å². The lowest BCUT2D eigenvalue weighted by atomic mass is 9.90. The van der Waals surface area contributed by atoms with E-state index in [0.717, 1.165) is 0 Å². The molecule has 1 atom stereocenters. The second-order valence-electron chi connectivity index (χ2n) is 4.58. The number of nitrogens with two attached hydrogens (primary N) is 1. The first-order valence-corrected chi connectivity index (χ1v) is 5.83. The Kier molecular flexibility index (Phi) is 4.89. The van der Waals surface area contributed by atoms with Gasteiger partial charge in [-0.3, -0.25) is 9.59 Å². The van der Waals surface area contributed by atoms with E-state index in [4.69, 9.17) is 15.6 Å². The molecule has 0 aromatic rings. The van der Waals surface area contributed by atoms with Crippen LogP contribution in [-0.4, -0.2) is 41.8 Å². The standard InChI is InChI=1S/C11H20N2O4/c1-8(2-3-9(14)15)13-10(16)11(12)4-6-17-7-5-11/h8H,2-7,12H2,1H3,(H,13,16)(H,14,15). The molecule has 0 bridgehead atoms. The van der Waals surface area contributed by atoms with Gasteiger partial charge >= 0.3 is 5.97 Å². The number of rotatable bonds is 5. The van der Waals surface area contributed by atoms with E-state index in [0.29, 0.717) is 32.5 Å². The molecule has 0 radical (unpaired) electrons. The van der Waals surface area contributed by atoms with E-state index >= 15 is 0 Å². The molecule has 0 aliphatic carbocycles. The highest BCUT2D eigenvalue weighted by Crippen LogP contribution is 2.18. The second-order valence-corrected chi connectivity index (χ2v) is 4.58. The van der Waals surface area contributed by atoms with Crippen LogP contribution in [0.1, 0.15) is 32.6 Å². The summed E-state index contributed by atoms with van der Waals surface area (Å²) in [6, 6.07) is -0.179. The molecule has 1 aliphatic rings. The summed E-state index contributed by atoms with van der Waals surface area (Å²) in [5, 5.41) is 11.3. The minimum atomic E-state index is -0.865. The minimum absolute atomic E-state index is 0.0438. The third kappa shape index (κ3) is 4.32. The highest BCUT2D eigenvalue weighted by atomic mass is 16.5. The Morgan fingerprint density at radius 3 is 2.59 bits per heavy atom. The Balaban J connectivity index is 2.39. The molecule has 1 aliphatic heterocycles. The van der Waals surface area contributed by atoms with E-state index in [-0.39, 0.29) is 18.4 Å². The first-order valence-electron chi connectivity index (χ1n) is 5.83. The van der Waals surface area contributed by atoms with Gasteiger partial charge in [-0.1, -0.05) is 0 Å². The fraction of sp³-hybridized carbons (Fsp3) is 0.818. The maximum atomic E-state index is 11.9. The number of nitrogens with one attached hydrogen (secondary N) is 1. The fourth-order valence-electron chi connectivity index (χ4n) is 1.74. The van der Waals surface area contributed by atoms with Crippen LogP contribution in [0.5, 0.6) is 0 Å². The average molecular weight is 244 g/mol. The molecule has 1 heterocycles. The summed E-state index contributed by atoms with van der Waals surface area (Å²) in [5.74, 6) is -1.07. The van der Waals surface area contributed by atoms with Crippen LogP contribution in [0.2, 0.25) is 0 Å². The smallest absolute Gasteiger partial charge is 0.303 e. The van der Waals surface area contributed by atoms with Gasteiger partial charge in [0.1, 0.15) is 0 Å².